The predicted molar refractivity (Wildman–Crippen MR) is 65.5 cm³/mol. The van der Waals surface area contributed by atoms with E-state index in [9.17, 15) is 0 Å². The van der Waals surface area contributed by atoms with E-state index >= 15 is 0 Å². The Balaban J connectivity index is 2.74. The van der Waals surface area contributed by atoms with Crippen LogP contribution in [0, 0.1) is 0 Å². The Bertz CT molecular complexity index is 345. The summed E-state index contributed by atoms with van der Waals surface area (Å²) in [5.74, 6) is 0.938. The molecule has 0 aliphatic heterocycles. The van der Waals surface area contributed by atoms with Gasteiger partial charge in [-0.25, -0.2) is 0 Å². The van der Waals surface area contributed by atoms with Crippen LogP contribution in [0.15, 0.2) is 0 Å². The van der Waals surface area contributed by atoms with Crippen LogP contribution in [0.25, 0.3) is 0 Å². The highest BCUT2D eigenvalue weighted by Crippen LogP contribution is 2.11. The molecule has 1 rings (SSSR count). The summed E-state index contributed by atoms with van der Waals surface area (Å²) in [5, 5.41) is 5.88. The van der Waals surface area contributed by atoms with Crippen LogP contribution in [0.4, 0.5) is 11.9 Å². The molecule has 0 aliphatic carbocycles. The SMILES string of the molecule is CNc1nc(NCCOC)nc(OC(C)C)n1. The molecule has 0 fully saturated rings. The van der Waals surface area contributed by atoms with Gasteiger partial charge in [0, 0.05) is 20.7 Å². The van der Waals surface area contributed by atoms with Crippen molar-refractivity contribution >= 4 is 11.9 Å². The lowest BCUT2D eigenvalue weighted by Gasteiger charge is -2.10. The van der Waals surface area contributed by atoms with Gasteiger partial charge in [-0.2, -0.15) is 15.0 Å². The molecule has 96 valence electrons. The van der Waals surface area contributed by atoms with Crippen molar-refractivity contribution in [2.75, 3.05) is 37.9 Å². The van der Waals surface area contributed by atoms with E-state index in [4.69, 9.17) is 9.47 Å². The van der Waals surface area contributed by atoms with Crippen LogP contribution in [0.5, 0.6) is 6.01 Å². The summed E-state index contributed by atoms with van der Waals surface area (Å²) < 4.78 is 10.4. The molecule has 0 saturated heterocycles. The highest BCUT2D eigenvalue weighted by molar-refractivity contribution is 5.35. The number of ether oxygens (including phenoxy) is 2. The summed E-state index contributed by atoms with van der Waals surface area (Å²) >= 11 is 0. The molecule has 0 aliphatic rings. The van der Waals surface area contributed by atoms with Crippen molar-refractivity contribution in [1.29, 1.82) is 0 Å². The standard InChI is InChI=1S/C10H19N5O2/c1-7(2)17-10-14-8(11-3)13-9(15-10)12-5-6-16-4/h7H,5-6H2,1-4H3,(H2,11,12,13,14,15). The van der Waals surface area contributed by atoms with Gasteiger partial charge in [-0.05, 0) is 13.8 Å². The van der Waals surface area contributed by atoms with E-state index in [2.05, 4.69) is 25.6 Å². The van der Waals surface area contributed by atoms with Crippen molar-refractivity contribution < 1.29 is 9.47 Å². The van der Waals surface area contributed by atoms with Gasteiger partial charge in [0.15, 0.2) is 0 Å². The van der Waals surface area contributed by atoms with Gasteiger partial charge >= 0.3 is 6.01 Å². The average Bonchev–Trinajstić information content (AvgIpc) is 2.28. The van der Waals surface area contributed by atoms with Gasteiger partial charge in [0.1, 0.15) is 0 Å². The van der Waals surface area contributed by atoms with E-state index in [1.807, 2.05) is 13.8 Å². The van der Waals surface area contributed by atoms with E-state index in [1.54, 1.807) is 14.2 Å². The summed E-state index contributed by atoms with van der Waals surface area (Å²) in [5.41, 5.74) is 0. The van der Waals surface area contributed by atoms with Crippen molar-refractivity contribution in [1.82, 2.24) is 15.0 Å². The number of nitrogens with zero attached hydrogens (tertiary/aromatic N) is 3. The zero-order valence-electron chi connectivity index (χ0n) is 10.6. The highest BCUT2D eigenvalue weighted by atomic mass is 16.5. The Hall–Kier alpha value is -1.63. The molecule has 1 heterocycles. The van der Waals surface area contributed by atoms with Gasteiger partial charge < -0.3 is 20.1 Å². The third-order valence-electron chi connectivity index (χ3n) is 1.77. The van der Waals surface area contributed by atoms with Gasteiger partial charge in [0.25, 0.3) is 0 Å². The number of aromatic nitrogens is 3. The fourth-order valence-electron chi connectivity index (χ4n) is 1.08. The van der Waals surface area contributed by atoms with E-state index in [0.717, 1.165) is 0 Å². The molecule has 0 spiro atoms. The first-order valence-electron chi connectivity index (χ1n) is 5.49. The molecule has 0 amide bonds. The third-order valence-corrected chi connectivity index (χ3v) is 1.77. The van der Waals surface area contributed by atoms with Crippen LogP contribution in [0.2, 0.25) is 0 Å². The second-order valence-electron chi connectivity index (χ2n) is 3.60. The molecule has 0 atom stereocenters. The first-order chi connectivity index (χ1) is 8.15. The largest absolute Gasteiger partial charge is 0.461 e. The number of nitrogens with one attached hydrogen (secondary N) is 2. The molecule has 17 heavy (non-hydrogen) atoms. The maximum atomic E-state index is 5.43. The molecule has 7 nitrogen and oxygen atoms in total. The minimum absolute atomic E-state index is 0.0222. The molecule has 1 aromatic rings. The third kappa shape index (κ3) is 4.81. The Morgan fingerprint density at radius 1 is 1.18 bits per heavy atom. The smallest absolute Gasteiger partial charge is 0.323 e. The molecule has 0 radical (unpaired) electrons. The van der Waals surface area contributed by atoms with Crippen LogP contribution >= 0.6 is 0 Å². The molecule has 2 N–H and O–H groups in total. The van der Waals surface area contributed by atoms with Crippen molar-refractivity contribution in [2.24, 2.45) is 0 Å². The van der Waals surface area contributed by atoms with E-state index in [0.29, 0.717) is 31.1 Å². The van der Waals surface area contributed by atoms with Crippen LogP contribution in [0.1, 0.15) is 13.8 Å². The highest BCUT2D eigenvalue weighted by Gasteiger charge is 2.07. The monoisotopic (exact) mass is 241 g/mol. The Labute approximate surface area is 101 Å². The molecular weight excluding hydrogens is 222 g/mol. The topological polar surface area (TPSA) is 81.2 Å². The zero-order valence-corrected chi connectivity index (χ0v) is 10.6. The lowest BCUT2D eigenvalue weighted by Crippen LogP contribution is -2.15. The lowest BCUT2D eigenvalue weighted by atomic mass is 10.5. The Kier molecular flexibility index (Phi) is 5.41. The number of hydrogen-bond acceptors (Lipinski definition) is 7. The number of methoxy groups -OCH3 is 1. The summed E-state index contributed by atoms with van der Waals surface area (Å²) in [4.78, 5) is 12.4. The molecule has 0 aromatic carbocycles. The average molecular weight is 241 g/mol. The molecule has 1 aromatic heterocycles. The Morgan fingerprint density at radius 3 is 2.47 bits per heavy atom. The Morgan fingerprint density at radius 2 is 1.88 bits per heavy atom. The first kappa shape index (κ1) is 13.4. The first-order valence-corrected chi connectivity index (χ1v) is 5.49. The van der Waals surface area contributed by atoms with Crippen LogP contribution < -0.4 is 15.4 Å². The normalized spacial score (nSPS) is 10.4. The minimum Gasteiger partial charge on any atom is -0.461 e. The van der Waals surface area contributed by atoms with Crippen LogP contribution in [-0.2, 0) is 4.74 Å². The molecule has 7 heteroatoms. The second kappa shape index (κ2) is 6.85. The van der Waals surface area contributed by atoms with Crippen molar-refractivity contribution in [2.45, 2.75) is 20.0 Å². The summed E-state index contributed by atoms with van der Waals surface area (Å²) in [6.45, 7) is 5.05. The van der Waals surface area contributed by atoms with Gasteiger partial charge in [0.05, 0.1) is 12.7 Å². The fourth-order valence-corrected chi connectivity index (χ4v) is 1.08. The molecular formula is C10H19N5O2. The van der Waals surface area contributed by atoms with Crippen LogP contribution in [0.3, 0.4) is 0 Å². The van der Waals surface area contributed by atoms with E-state index in [-0.39, 0.29) is 6.10 Å². The van der Waals surface area contributed by atoms with Crippen molar-refractivity contribution in [3.63, 3.8) is 0 Å². The quantitative estimate of drug-likeness (QED) is 0.682. The molecule has 0 bridgehead atoms. The summed E-state index contributed by atoms with van der Waals surface area (Å²) in [6, 6.07) is 0.305. The number of hydrogen-bond donors (Lipinski definition) is 2. The number of rotatable bonds is 7. The summed E-state index contributed by atoms with van der Waals surface area (Å²) in [6.07, 6.45) is 0.0222. The minimum atomic E-state index is 0.0222. The van der Waals surface area contributed by atoms with Gasteiger partial charge in [-0.1, -0.05) is 0 Å². The number of anilines is 2. The lowest BCUT2D eigenvalue weighted by molar-refractivity contribution is 0.210. The fraction of sp³-hybridized carbons (Fsp3) is 0.700. The maximum absolute atomic E-state index is 5.43. The van der Waals surface area contributed by atoms with Gasteiger partial charge in [-0.15, -0.1) is 0 Å². The zero-order chi connectivity index (χ0) is 12.7. The van der Waals surface area contributed by atoms with Crippen LogP contribution in [-0.4, -0.2) is 48.4 Å². The summed E-state index contributed by atoms with van der Waals surface area (Å²) in [7, 11) is 3.38. The maximum Gasteiger partial charge on any atom is 0.323 e. The predicted octanol–water partition coefficient (Wildman–Crippen LogP) is 0.759. The molecule has 0 unspecified atom stereocenters. The van der Waals surface area contributed by atoms with Crippen molar-refractivity contribution in [3.8, 4) is 6.01 Å². The van der Waals surface area contributed by atoms with E-state index in [1.165, 1.54) is 0 Å². The van der Waals surface area contributed by atoms with E-state index < -0.39 is 0 Å². The molecule has 0 saturated carbocycles. The van der Waals surface area contributed by atoms with Crippen molar-refractivity contribution in [3.05, 3.63) is 0 Å². The van der Waals surface area contributed by atoms with Gasteiger partial charge in [-0.3, -0.25) is 0 Å². The van der Waals surface area contributed by atoms with Gasteiger partial charge in [0.2, 0.25) is 11.9 Å². The second-order valence-corrected chi connectivity index (χ2v) is 3.60.